The van der Waals surface area contributed by atoms with E-state index < -0.39 is 10.0 Å². The quantitative estimate of drug-likeness (QED) is 0.820. The summed E-state index contributed by atoms with van der Waals surface area (Å²) in [6.45, 7) is 0.325. The van der Waals surface area contributed by atoms with Gasteiger partial charge in [-0.3, -0.25) is 0 Å². The SMILES string of the molecule is Cl.NCC(NS(=O)(=O)Cc1ccc(Cl)c(Cl)c1)C1CC1. The molecule has 8 heteroatoms. The van der Waals surface area contributed by atoms with Crippen molar-refractivity contribution in [3.05, 3.63) is 33.8 Å². The average Bonchev–Trinajstić information content (AvgIpc) is 3.15. The molecular formula is C12H17Cl3N2O2S. The van der Waals surface area contributed by atoms with Gasteiger partial charge in [0.25, 0.3) is 0 Å². The first-order chi connectivity index (χ1) is 8.91. The van der Waals surface area contributed by atoms with Crippen molar-refractivity contribution in [1.82, 2.24) is 4.72 Å². The molecule has 3 N–H and O–H groups in total. The Bertz CT molecular complexity index is 562. The molecule has 1 aliphatic carbocycles. The lowest BCUT2D eigenvalue weighted by atomic mass is 10.2. The second-order valence-electron chi connectivity index (χ2n) is 4.81. The number of hydrogen-bond donors (Lipinski definition) is 2. The first kappa shape index (κ1) is 18.0. The molecular weight excluding hydrogens is 343 g/mol. The molecule has 0 aliphatic heterocycles. The summed E-state index contributed by atoms with van der Waals surface area (Å²) in [6.07, 6.45) is 2.08. The van der Waals surface area contributed by atoms with E-state index in [0.717, 1.165) is 12.8 Å². The van der Waals surface area contributed by atoms with Crippen LogP contribution in [0.4, 0.5) is 0 Å². The smallest absolute Gasteiger partial charge is 0.216 e. The second-order valence-corrected chi connectivity index (χ2v) is 7.37. The summed E-state index contributed by atoms with van der Waals surface area (Å²) >= 11 is 11.7. The largest absolute Gasteiger partial charge is 0.329 e. The highest BCUT2D eigenvalue weighted by atomic mass is 35.5. The summed E-state index contributed by atoms with van der Waals surface area (Å²) in [5, 5.41) is 0.764. The molecule has 0 bridgehead atoms. The summed E-state index contributed by atoms with van der Waals surface area (Å²) in [6, 6.07) is 4.66. The van der Waals surface area contributed by atoms with Crippen molar-refractivity contribution in [3.63, 3.8) is 0 Å². The minimum atomic E-state index is -3.41. The average molecular weight is 360 g/mol. The normalized spacial score (nSPS) is 16.6. The summed E-state index contributed by atoms with van der Waals surface area (Å²) in [5.41, 5.74) is 6.20. The molecule has 1 unspecified atom stereocenters. The first-order valence-electron chi connectivity index (χ1n) is 6.05. The molecule has 0 amide bonds. The van der Waals surface area contributed by atoms with Crippen LogP contribution in [0.3, 0.4) is 0 Å². The molecule has 0 saturated heterocycles. The molecule has 1 aliphatic rings. The van der Waals surface area contributed by atoms with Gasteiger partial charge >= 0.3 is 0 Å². The molecule has 0 heterocycles. The summed E-state index contributed by atoms with van der Waals surface area (Å²) in [7, 11) is -3.41. The van der Waals surface area contributed by atoms with Gasteiger partial charge in [0.1, 0.15) is 0 Å². The third-order valence-corrected chi connectivity index (χ3v) is 5.23. The lowest BCUT2D eigenvalue weighted by Gasteiger charge is -2.16. The number of sulfonamides is 1. The van der Waals surface area contributed by atoms with E-state index in [2.05, 4.69) is 4.72 Å². The minimum Gasteiger partial charge on any atom is -0.329 e. The van der Waals surface area contributed by atoms with Crippen molar-refractivity contribution in [2.24, 2.45) is 11.7 Å². The van der Waals surface area contributed by atoms with Crippen LogP contribution in [0.5, 0.6) is 0 Å². The second kappa shape index (κ2) is 7.29. The van der Waals surface area contributed by atoms with Gasteiger partial charge in [-0.15, -0.1) is 12.4 Å². The van der Waals surface area contributed by atoms with Crippen molar-refractivity contribution in [2.45, 2.75) is 24.6 Å². The van der Waals surface area contributed by atoms with Crippen LogP contribution in [0.1, 0.15) is 18.4 Å². The van der Waals surface area contributed by atoms with Gasteiger partial charge < -0.3 is 5.73 Å². The molecule has 1 saturated carbocycles. The van der Waals surface area contributed by atoms with E-state index in [1.54, 1.807) is 18.2 Å². The molecule has 0 radical (unpaired) electrons. The molecule has 0 spiro atoms. The number of rotatable bonds is 6. The lowest BCUT2D eigenvalue weighted by molar-refractivity contribution is 0.518. The predicted molar refractivity (Wildman–Crippen MR) is 85.0 cm³/mol. The van der Waals surface area contributed by atoms with Gasteiger partial charge in [0, 0.05) is 12.6 Å². The maximum atomic E-state index is 12.1. The molecule has 114 valence electrons. The topological polar surface area (TPSA) is 72.2 Å². The van der Waals surface area contributed by atoms with Crippen LogP contribution in [0, 0.1) is 5.92 Å². The molecule has 2 rings (SSSR count). The van der Waals surface area contributed by atoms with Crippen molar-refractivity contribution in [3.8, 4) is 0 Å². The molecule has 1 fully saturated rings. The Morgan fingerprint density at radius 2 is 1.95 bits per heavy atom. The van der Waals surface area contributed by atoms with Crippen LogP contribution in [0.2, 0.25) is 10.0 Å². The van der Waals surface area contributed by atoms with Crippen molar-refractivity contribution >= 4 is 45.6 Å². The van der Waals surface area contributed by atoms with Gasteiger partial charge in [-0.2, -0.15) is 0 Å². The van der Waals surface area contributed by atoms with Crippen LogP contribution in [0.15, 0.2) is 18.2 Å². The molecule has 1 aromatic carbocycles. The Morgan fingerprint density at radius 1 is 1.30 bits per heavy atom. The van der Waals surface area contributed by atoms with E-state index >= 15 is 0 Å². The fourth-order valence-electron chi connectivity index (χ4n) is 1.96. The lowest BCUT2D eigenvalue weighted by Crippen LogP contribution is -2.42. The summed E-state index contributed by atoms with van der Waals surface area (Å²) in [5.74, 6) is 0.265. The zero-order chi connectivity index (χ0) is 14.0. The minimum absolute atomic E-state index is 0. The van der Waals surface area contributed by atoms with Gasteiger partial charge in [0.2, 0.25) is 10.0 Å². The third kappa shape index (κ3) is 5.06. The third-order valence-electron chi connectivity index (χ3n) is 3.12. The van der Waals surface area contributed by atoms with Crippen LogP contribution >= 0.6 is 35.6 Å². The number of halogens is 3. The van der Waals surface area contributed by atoms with Gasteiger partial charge in [0.15, 0.2) is 0 Å². The maximum absolute atomic E-state index is 12.1. The fourth-order valence-corrected chi connectivity index (χ4v) is 3.73. The van der Waals surface area contributed by atoms with Crippen molar-refractivity contribution in [2.75, 3.05) is 6.54 Å². The molecule has 0 aromatic heterocycles. The number of nitrogens with one attached hydrogen (secondary N) is 1. The highest BCUT2D eigenvalue weighted by molar-refractivity contribution is 7.88. The van der Waals surface area contributed by atoms with E-state index in [0.29, 0.717) is 28.1 Å². The Labute approximate surface area is 135 Å². The highest BCUT2D eigenvalue weighted by Crippen LogP contribution is 2.32. The standard InChI is InChI=1S/C12H16Cl2N2O2S.ClH/c13-10-4-1-8(5-11(10)14)7-19(17,18)16-12(6-15)9-2-3-9;/h1,4-5,9,12,16H,2-3,6-7,15H2;1H. The van der Waals surface area contributed by atoms with Crippen LogP contribution in [0.25, 0.3) is 0 Å². The highest BCUT2D eigenvalue weighted by Gasteiger charge is 2.32. The van der Waals surface area contributed by atoms with E-state index in [4.69, 9.17) is 28.9 Å². The maximum Gasteiger partial charge on any atom is 0.216 e. The van der Waals surface area contributed by atoms with E-state index in [1.165, 1.54) is 0 Å². The van der Waals surface area contributed by atoms with Crippen LogP contribution in [-0.2, 0) is 15.8 Å². The van der Waals surface area contributed by atoms with Crippen molar-refractivity contribution < 1.29 is 8.42 Å². The van der Waals surface area contributed by atoms with Gasteiger partial charge in [-0.25, -0.2) is 13.1 Å². The predicted octanol–water partition coefficient (Wildman–Crippen LogP) is 2.57. The Balaban J connectivity index is 0.00000200. The summed E-state index contributed by atoms with van der Waals surface area (Å²) < 4.78 is 26.8. The molecule has 1 aromatic rings. The van der Waals surface area contributed by atoms with Gasteiger partial charge in [-0.05, 0) is 36.5 Å². The monoisotopic (exact) mass is 358 g/mol. The van der Waals surface area contributed by atoms with E-state index in [9.17, 15) is 8.42 Å². The number of nitrogens with two attached hydrogens (primary N) is 1. The van der Waals surface area contributed by atoms with E-state index in [1.807, 2.05) is 0 Å². The van der Waals surface area contributed by atoms with Crippen LogP contribution in [-0.4, -0.2) is 21.0 Å². The van der Waals surface area contributed by atoms with Gasteiger partial charge in [0.05, 0.1) is 15.8 Å². The summed E-state index contributed by atoms with van der Waals surface area (Å²) in [4.78, 5) is 0. The zero-order valence-electron chi connectivity index (χ0n) is 10.7. The van der Waals surface area contributed by atoms with Crippen molar-refractivity contribution in [1.29, 1.82) is 0 Å². The zero-order valence-corrected chi connectivity index (χ0v) is 13.8. The molecule has 20 heavy (non-hydrogen) atoms. The molecule has 4 nitrogen and oxygen atoms in total. The fraction of sp³-hybridized carbons (Fsp3) is 0.500. The Kier molecular flexibility index (Phi) is 6.57. The van der Waals surface area contributed by atoms with Crippen LogP contribution < -0.4 is 10.5 Å². The van der Waals surface area contributed by atoms with E-state index in [-0.39, 0.29) is 24.2 Å². The molecule has 1 atom stereocenters. The first-order valence-corrected chi connectivity index (χ1v) is 8.46. The Morgan fingerprint density at radius 3 is 2.45 bits per heavy atom. The number of benzene rings is 1. The number of hydrogen-bond acceptors (Lipinski definition) is 3. The van der Waals surface area contributed by atoms with Gasteiger partial charge in [-0.1, -0.05) is 29.3 Å². The Hall–Kier alpha value is -0.0400.